The van der Waals surface area contributed by atoms with Gasteiger partial charge in [0.15, 0.2) is 0 Å². The Morgan fingerprint density at radius 2 is 2.50 bits per heavy atom. The molecule has 0 amide bonds. The van der Waals surface area contributed by atoms with Crippen LogP contribution in [-0.4, -0.2) is 15.1 Å². The summed E-state index contributed by atoms with van der Waals surface area (Å²) in [5.74, 6) is -0.168. The van der Waals surface area contributed by atoms with Gasteiger partial charge in [0.2, 0.25) is 11.8 Å². The lowest BCUT2D eigenvalue weighted by molar-refractivity contribution is 0.452. The molecule has 4 nitrogen and oxygen atoms in total. The van der Waals surface area contributed by atoms with Gasteiger partial charge in [0.25, 0.3) is 0 Å². The van der Waals surface area contributed by atoms with Gasteiger partial charge in [-0.2, -0.15) is 4.98 Å². The van der Waals surface area contributed by atoms with Gasteiger partial charge in [0.1, 0.15) is 0 Å². The monoisotopic (exact) mass is 110 g/mol. The second-order valence-electron chi connectivity index (χ2n) is 1.20. The van der Waals surface area contributed by atoms with Crippen LogP contribution in [0.4, 0.5) is 5.95 Å². The number of nitrogens with zero attached hydrogens (tertiary/aromatic N) is 2. The molecule has 0 aromatic carbocycles. The second-order valence-corrected chi connectivity index (χ2v) is 1.20. The molecule has 8 heavy (non-hydrogen) atoms. The summed E-state index contributed by atoms with van der Waals surface area (Å²) in [7, 11) is 0. The number of nitrogen functional groups attached to an aromatic ring is 1. The van der Waals surface area contributed by atoms with Gasteiger partial charge in [-0.25, -0.2) is 4.98 Å². The van der Waals surface area contributed by atoms with E-state index in [1.807, 2.05) is 0 Å². The molecule has 0 spiro atoms. The molecule has 0 saturated carbocycles. The van der Waals surface area contributed by atoms with Gasteiger partial charge < -0.3 is 10.8 Å². The first-order valence-corrected chi connectivity index (χ1v) is 1.98. The Hall–Kier alpha value is -1.32. The Morgan fingerprint density at radius 3 is 2.88 bits per heavy atom. The van der Waals surface area contributed by atoms with Crippen molar-refractivity contribution in [1.82, 2.24) is 9.97 Å². The number of aromatic nitrogens is 2. The van der Waals surface area contributed by atoms with E-state index in [0.717, 1.165) is 0 Å². The highest BCUT2D eigenvalue weighted by Gasteiger charge is 1.87. The van der Waals surface area contributed by atoms with Gasteiger partial charge in [-0.15, -0.1) is 0 Å². The maximum Gasteiger partial charge on any atom is 0.224 e. The van der Waals surface area contributed by atoms with Crippen molar-refractivity contribution >= 4 is 5.95 Å². The minimum atomic E-state index is -0.225. The highest BCUT2D eigenvalue weighted by Crippen LogP contribution is 1.99. The first kappa shape index (κ1) is 4.83. The van der Waals surface area contributed by atoms with E-state index in [0.29, 0.717) is 0 Å². The number of hydrogen-bond acceptors (Lipinski definition) is 4. The molecule has 0 unspecified atom stereocenters. The Labute approximate surface area is 46.0 Å². The first-order chi connectivity index (χ1) is 3.79. The first-order valence-electron chi connectivity index (χ1n) is 1.98. The Kier molecular flexibility index (Phi) is 0.997. The maximum atomic E-state index is 8.53. The van der Waals surface area contributed by atoms with Gasteiger partial charge in [0.05, 0.1) is 6.07 Å². The van der Waals surface area contributed by atoms with E-state index in [4.69, 9.17) is 10.8 Å². The molecular formula is C4H4N3O. The maximum absolute atomic E-state index is 8.53. The number of hydrogen-bond donors (Lipinski definition) is 2. The molecule has 4 heteroatoms. The topological polar surface area (TPSA) is 72.0 Å². The minimum Gasteiger partial charge on any atom is -0.493 e. The van der Waals surface area contributed by atoms with Crippen LogP contribution in [0.2, 0.25) is 0 Å². The lowest BCUT2D eigenvalue weighted by Crippen LogP contribution is -1.91. The molecule has 1 aromatic heterocycles. The van der Waals surface area contributed by atoms with Crippen molar-refractivity contribution in [1.29, 1.82) is 0 Å². The van der Waals surface area contributed by atoms with Crippen LogP contribution in [0.3, 0.4) is 0 Å². The van der Waals surface area contributed by atoms with E-state index >= 15 is 0 Å². The van der Waals surface area contributed by atoms with Crippen LogP contribution in [0.25, 0.3) is 0 Å². The molecule has 1 radical (unpaired) electrons. The summed E-state index contributed by atoms with van der Waals surface area (Å²) in [6.07, 6.45) is 1.26. The number of nitrogens with two attached hydrogens (primary N) is 1. The smallest absolute Gasteiger partial charge is 0.224 e. The summed E-state index contributed by atoms with van der Waals surface area (Å²) in [5.41, 5.74) is 5.06. The molecule has 0 aliphatic rings. The van der Waals surface area contributed by atoms with Crippen LogP contribution < -0.4 is 5.73 Å². The zero-order valence-corrected chi connectivity index (χ0v) is 4.00. The lowest BCUT2D eigenvalue weighted by atomic mass is 10.6. The van der Waals surface area contributed by atoms with Crippen molar-refractivity contribution in [2.24, 2.45) is 0 Å². The third-order valence-corrected chi connectivity index (χ3v) is 0.611. The standard InChI is InChI=1S/C4H4N3O/c5-4-6-2-1-3(8)7-4/h2H,(H3,5,6,7,8). The van der Waals surface area contributed by atoms with Crippen molar-refractivity contribution in [3.8, 4) is 5.88 Å². The van der Waals surface area contributed by atoms with E-state index in [1.54, 1.807) is 0 Å². The van der Waals surface area contributed by atoms with Gasteiger partial charge >= 0.3 is 0 Å². The van der Waals surface area contributed by atoms with Crippen molar-refractivity contribution in [2.45, 2.75) is 0 Å². The zero-order valence-electron chi connectivity index (χ0n) is 4.00. The van der Waals surface area contributed by atoms with Gasteiger partial charge in [0, 0.05) is 6.20 Å². The van der Waals surface area contributed by atoms with Gasteiger partial charge in [-0.1, -0.05) is 0 Å². The normalized spacial score (nSPS) is 9.00. The van der Waals surface area contributed by atoms with Gasteiger partial charge in [-0.3, -0.25) is 0 Å². The molecule has 1 heterocycles. The molecule has 0 fully saturated rings. The van der Waals surface area contributed by atoms with Crippen molar-refractivity contribution in [2.75, 3.05) is 5.73 Å². The highest BCUT2D eigenvalue weighted by atomic mass is 16.3. The third-order valence-electron chi connectivity index (χ3n) is 0.611. The third kappa shape index (κ3) is 0.841. The average molecular weight is 110 g/mol. The number of anilines is 1. The second kappa shape index (κ2) is 1.65. The molecule has 3 N–H and O–H groups in total. The van der Waals surface area contributed by atoms with Crippen LogP contribution in [0.5, 0.6) is 5.88 Å². The average Bonchev–Trinajstić information content (AvgIpc) is 1.64. The van der Waals surface area contributed by atoms with E-state index in [9.17, 15) is 0 Å². The van der Waals surface area contributed by atoms with Crippen LogP contribution in [-0.2, 0) is 0 Å². The van der Waals surface area contributed by atoms with Crippen LogP contribution in [0.15, 0.2) is 6.20 Å². The fourth-order valence-electron chi connectivity index (χ4n) is 0.326. The number of rotatable bonds is 0. The van der Waals surface area contributed by atoms with Crippen LogP contribution in [0.1, 0.15) is 0 Å². The van der Waals surface area contributed by atoms with E-state index in [-0.39, 0.29) is 11.8 Å². The van der Waals surface area contributed by atoms with Crippen LogP contribution >= 0.6 is 0 Å². The Balaban J connectivity index is 3.08. The van der Waals surface area contributed by atoms with Gasteiger partial charge in [-0.05, 0) is 0 Å². The SMILES string of the molecule is Nc1nc[c]c(O)n1. The summed E-state index contributed by atoms with van der Waals surface area (Å²) in [4.78, 5) is 6.83. The van der Waals surface area contributed by atoms with Crippen LogP contribution in [0, 0.1) is 6.07 Å². The van der Waals surface area contributed by atoms with Crippen molar-refractivity contribution in [3.05, 3.63) is 12.3 Å². The predicted octanol–water partition coefficient (Wildman–Crippen LogP) is -0.435. The summed E-state index contributed by atoms with van der Waals surface area (Å²) in [6.45, 7) is 0. The predicted molar refractivity (Wildman–Crippen MR) is 26.9 cm³/mol. The Bertz CT molecular complexity index is 171. The fraction of sp³-hybridized carbons (Fsp3) is 0. The molecule has 0 aliphatic carbocycles. The molecule has 0 atom stereocenters. The molecule has 0 aliphatic heterocycles. The zero-order chi connectivity index (χ0) is 5.98. The summed E-state index contributed by atoms with van der Waals surface area (Å²) in [5, 5.41) is 8.53. The molecule has 1 aromatic rings. The molecule has 0 bridgehead atoms. The van der Waals surface area contributed by atoms with E-state index in [2.05, 4.69) is 16.0 Å². The summed E-state index contributed by atoms with van der Waals surface area (Å²) >= 11 is 0. The minimum absolute atomic E-state index is 0.0567. The summed E-state index contributed by atoms with van der Waals surface area (Å²) in [6, 6.07) is 2.33. The molecule has 0 saturated heterocycles. The largest absolute Gasteiger partial charge is 0.493 e. The Morgan fingerprint density at radius 1 is 1.75 bits per heavy atom. The van der Waals surface area contributed by atoms with E-state index < -0.39 is 0 Å². The molecule has 1 rings (SSSR count). The summed E-state index contributed by atoms with van der Waals surface area (Å²) < 4.78 is 0. The fourth-order valence-corrected chi connectivity index (χ4v) is 0.326. The number of aromatic hydroxyl groups is 1. The highest BCUT2D eigenvalue weighted by molar-refractivity contribution is 5.18. The van der Waals surface area contributed by atoms with E-state index in [1.165, 1.54) is 6.20 Å². The molecule has 41 valence electrons. The quantitative estimate of drug-likeness (QED) is 0.475. The lowest BCUT2D eigenvalue weighted by Gasteiger charge is -1.87. The molecular weight excluding hydrogens is 106 g/mol. The van der Waals surface area contributed by atoms with Crippen molar-refractivity contribution in [3.63, 3.8) is 0 Å². The van der Waals surface area contributed by atoms with Crippen molar-refractivity contribution < 1.29 is 5.11 Å².